The number of pyridine rings is 1. The second-order valence-electron chi connectivity index (χ2n) is 5.55. The first-order chi connectivity index (χ1) is 11.6. The van der Waals surface area contributed by atoms with Crippen LogP contribution in [0.15, 0.2) is 42.6 Å². The minimum absolute atomic E-state index is 0.0974. The first-order valence-electron chi connectivity index (χ1n) is 7.66. The van der Waals surface area contributed by atoms with Gasteiger partial charge < -0.3 is 9.64 Å². The molecule has 1 amide bonds. The van der Waals surface area contributed by atoms with Crippen LogP contribution in [0.3, 0.4) is 0 Å². The number of carbonyl (C=O) groups is 1. The Labute approximate surface area is 139 Å². The lowest BCUT2D eigenvalue weighted by Crippen LogP contribution is -2.31. The molecule has 7 heteroatoms. The van der Waals surface area contributed by atoms with Crippen LogP contribution in [0.2, 0.25) is 0 Å². The third kappa shape index (κ3) is 2.92. The van der Waals surface area contributed by atoms with E-state index in [-0.39, 0.29) is 28.9 Å². The average molecular weight is 327 g/mol. The number of likely N-dealkylation sites (tertiary alicyclic amines) is 1. The number of nitro benzene ring substituents is 1. The van der Waals surface area contributed by atoms with Gasteiger partial charge >= 0.3 is 5.69 Å². The van der Waals surface area contributed by atoms with Crippen molar-refractivity contribution in [2.24, 2.45) is 0 Å². The summed E-state index contributed by atoms with van der Waals surface area (Å²) in [6, 6.07) is 9.81. The summed E-state index contributed by atoms with van der Waals surface area (Å²) in [7, 11) is 1.36. The number of rotatable bonds is 4. The molecule has 0 bridgehead atoms. The average Bonchev–Trinajstić information content (AvgIpc) is 3.11. The highest BCUT2D eigenvalue weighted by atomic mass is 16.6. The maximum Gasteiger partial charge on any atom is 0.311 e. The van der Waals surface area contributed by atoms with Crippen molar-refractivity contribution in [2.75, 3.05) is 13.7 Å². The third-order valence-electron chi connectivity index (χ3n) is 4.17. The minimum atomic E-state index is -0.546. The van der Waals surface area contributed by atoms with Gasteiger partial charge in [0.25, 0.3) is 5.91 Å². The lowest BCUT2D eigenvalue weighted by molar-refractivity contribution is -0.385. The van der Waals surface area contributed by atoms with Crippen molar-refractivity contribution in [2.45, 2.75) is 18.9 Å². The first-order valence-corrected chi connectivity index (χ1v) is 7.66. The van der Waals surface area contributed by atoms with E-state index < -0.39 is 4.92 Å². The maximum absolute atomic E-state index is 12.8. The molecule has 124 valence electrons. The van der Waals surface area contributed by atoms with Crippen LogP contribution < -0.4 is 4.74 Å². The number of ether oxygens (including phenoxy) is 1. The molecule has 1 atom stereocenters. The molecule has 2 aromatic rings. The predicted octanol–water partition coefficient (Wildman–Crippen LogP) is 2.98. The predicted molar refractivity (Wildman–Crippen MR) is 86.9 cm³/mol. The first kappa shape index (κ1) is 15.9. The van der Waals surface area contributed by atoms with Crippen LogP contribution in [0.4, 0.5) is 5.69 Å². The van der Waals surface area contributed by atoms with Gasteiger partial charge in [-0.15, -0.1) is 0 Å². The largest absolute Gasteiger partial charge is 0.490 e. The van der Waals surface area contributed by atoms with Crippen molar-refractivity contribution >= 4 is 11.6 Å². The van der Waals surface area contributed by atoms with Crippen LogP contribution in [-0.4, -0.2) is 34.4 Å². The molecular formula is C17H17N3O4. The fourth-order valence-corrected chi connectivity index (χ4v) is 3.02. The Morgan fingerprint density at radius 3 is 2.88 bits per heavy atom. The molecule has 2 heterocycles. The molecule has 1 aliphatic rings. The lowest BCUT2D eigenvalue weighted by atomic mass is 10.1. The van der Waals surface area contributed by atoms with E-state index in [1.807, 2.05) is 18.2 Å². The smallest absolute Gasteiger partial charge is 0.311 e. The van der Waals surface area contributed by atoms with Crippen molar-refractivity contribution in [1.29, 1.82) is 0 Å². The van der Waals surface area contributed by atoms with Gasteiger partial charge in [0.1, 0.15) is 0 Å². The molecule has 7 nitrogen and oxygen atoms in total. The van der Waals surface area contributed by atoms with Gasteiger partial charge in [0, 0.05) is 24.4 Å². The van der Waals surface area contributed by atoms with Gasteiger partial charge in [0.05, 0.1) is 23.8 Å². The summed E-state index contributed by atoms with van der Waals surface area (Å²) >= 11 is 0. The van der Waals surface area contributed by atoms with Gasteiger partial charge in [0.2, 0.25) is 0 Å². The Balaban J connectivity index is 1.91. The highest BCUT2D eigenvalue weighted by Crippen LogP contribution is 2.34. The Morgan fingerprint density at radius 1 is 1.38 bits per heavy atom. The number of hydrogen-bond donors (Lipinski definition) is 0. The Morgan fingerprint density at radius 2 is 2.21 bits per heavy atom. The molecule has 1 aliphatic heterocycles. The zero-order valence-electron chi connectivity index (χ0n) is 13.2. The number of nitro groups is 1. The lowest BCUT2D eigenvalue weighted by Gasteiger charge is -2.24. The number of hydrogen-bond acceptors (Lipinski definition) is 5. The van der Waals surface area contributed by atoms with E-state index in [9.17, 15) is 14.9 Å². The van der Waals surface area contributed by atoms with Crippen LogP contribution in [0, 0.1) is 10.1 Å². The van der Waals surface area contributed by atoms with Crippen LogP contribution in [-0.2, 0) is 0 Å². The van der Waals surface area contributed by atoms with E-state index >= 15 is 0 Å². The number of amides is 1. The molecule has 3 rings (SSSR count). The quantitative estimate of drug-likeness (QED) is 0.636. The van der Waals surface area contributed by atoms with Gasteiger partial charge in [-0.25, -0.2) is 0 Å². The topological polar surface area (TPSA) is 85.6 Å². The molecule has 1 aromatic heterocycles. The highest BCUT2D eigenvalue weighted by molar-refractivity contribution is 5.95. The molecule has 0 N–H and O–H groups in total. The van der Waals surface area contributed by atoms with Crippen LogP contribution in [0.25, 0.3) is 0 Å². The SMILES string of the molecule is COc1ccc(C(=O)N2CCCC2c2ccccn2)cc1[N+](=O)[O-]. The van der Waals surface area contributed by atoms with E-state index in [4.69, 9.17) is 4.74 Å². The van der Waals surface area contributed by atoms with Crippen LogP contribution in [0.5, 0.6) is 5.75 Å². The standard InChI is InChI=1S/C17H17N3O4/c1-24-16-8-7-12(11-15(16)20(22)23)17(21)19-10-4-6-14(19)13-5-2-3-9-18-13/h2-3,5,7-9,11,14H,4,6,10H2,1H3. The molecule has 1 aromatic carbocycles. The fraction of sp³-hybridized carbons (Fsp3) is 0.294. The van der Waals surface area contributed by atoms with Gasteiger partial charge in [0.15, 0.2) is 5.75 Å². The zero-order valence-corrected chi connectivity index (χ0v) is 13.2. The number of benzene rings is 1. The molecule has 0 spiro atoms. The van der Waals surface area contributed by atoms with E-state index in [0.29, 0.717) is 6.54 Å². The van der Waals surface area contributed by atoms with E-state index in [0.717, 1.165) is 18.5 Å². The Bertz CT molecular complexity index is 764. The van der Waals surface area contributed by atoms with Gasteiger partial charge in [-0.05, 0) is 37.1 Å². The number of carbonyl (C=O) groups excluding carboxylic acids is 1. The van der Waals surface area contributed by atoms with Gasteiger partial charge in [-0.2, -0.15) is 0 Å². The Hall–Kier alpha value is -2.96. The summed E-state index contributed by atoms with van der Waals surface area (Å²) in [5.74, 6) is -0.0897. The zero-order chi connectivity index (χ0) is 17.1. The summed E-state index contributed by atoms with van der Waals surface area (Å²) < 4.78 is 4.98. The summed E-state index contributed by atoms with van der Waals surface area (Å²) in [5.41, 5.74) is 0.911. The van der Waals surface area contributed by atoms with Gasteiger partial charge in [-0.1, -0.05) is 6.07 Å². The molecule has 1 unspecified atom stereocenters. The molecule has 0 radical (unpaired) electrons. The fourth-order valence-electron chi connectivity index (χ4n) is 3.02. The van der Waals surface area contributed by atoms with Crippen molar-refractivity contribution in [1.82, 2.24) is 9.88 Å². The summed E-state index contributed by atoms with van der Waals surface area (Å²) in [6.45, 7) is 0.611. The van der Waals surface area contributed by atoms with Crippen molar-refractivity contribution < 1.29 is 14.5 Å². The number of methoxy groups -OCH3 is 1. The monoisotopic (exact) mass is 327 g/mol. The van der Waals surface area contributed by atoms with E-state index in [1.54, 1.807) is 17.2 Å². The molecule has 0 saturated carbocycles. The van der Waals surface area contributed by atoms with Crippen LogP contribution >= 0.6 is 0 Å². The maximum atomic E-state index is 12.8. The summed E-state index contributed by atoms with van der Waals surface area (Å²) in [4.78, 5) is 29.5. The molecule has 24 heavy (non-hydrogen) atoms. The van der Waals surface area contributed by atoms with Crippen molar-refractivity contribution in [3.63, 3.8) is 0 Å². The second-order valence-corrected chi connectivity index (χ2v) is 5.55. The number of aromatic nitrogens is 1. The molecular weight excluding hydrogens is 310 g/mol. The summed E-state index contributed by atoms with van der Waals surface area (Å²) in [6.07, 6.45) is 3.42. The van der Waals surface area contributed by atoms with Crippen molar-refractivity contribution in [3.8, 4) is 5.75 Å². The van der Waals surface area contributed by atoms with E-state index in [1.165, 1.54) is 19.2 Å². The van der Waals surface area contributed by atoms with Crippen LogP contribution in [0.1, 0.15) is 34.9 Å². The summed E-state index contributed by atoms with van der Waals surface area (Å²) in [5, 5.41) is 11.2. The molecule has 1 saturated heterocycles. The molecule has 0 aliphatic carbocycles. The number of nitrogens with zero attached hydrogens (tertiary/aromatic N) is 3. The van der Waals surface area contributed by atoms with E-state index in [2.05, 4.69) is 4.98 Å². The normalized spacial score (nSPS) is 16.9. The third-order valence-corrected chi connectivity index (χ3v) is 4.17. The second kappa shape index (κ2) is 6.66. The highest BCUT2D eigenvalue weighted by Gasteiger charge is 2.32. The molecule has 1 fully saturated rings. The Kier molecular flexibility index (Phi) is 4.41. The van der Waals surface area contributed by atoms with Gasteiger partial charge in [-0.3, -0.25) is 19.9 Å². The van der Waals surface area contributed by atoms with Crippen molar-refractivity contribution in [3.05, 3.63) is 64.0 Å². The minimum Gasteiger partial charge on any atom is -0.490 e.